The lowest BCUT2D eigenvalue weighted by Gasteiger charge is -2.34. The maximum absolute atomic E-state index is 13.9. The Labute approximate surface area is 169 Å². The van der Waals surface area contributed by atoms with E-state index in [9.17, 15) is 22.0 Å². The van der Waals surface area contributed by atoms with E-state index in [1.807, 2.05) is 0 Å². The van der Waals surface area contributed by atoms with Crippen LogP contribution >= 0.6 is 15.9 Å². The molecule has 0 saturated carbocycles. The monoisotopic (exact) mass is 474 g/mol. The maximum atomic E-state index is 13.9. The fourth-order valence-electron chi connectivity index (χ4n) is 2.97. The van der Waals surface area contributed by atoms with E-state index < -0.39 is 26.6 Å². The van der Waals surface area contributed by atoms with Crippen molar-refractivity contribution in [3.05, 3.63) is 58.1 Å². The van der Waals surface area contributed by atoms with Crippen LogP contribution in [0, 0.1) is 11.6 Å². The lowest BCUT2D eigenvalue weighted by molar-refractivity contribution is 0.0694. The van der Waals surface area contributed by atoms with Crippen molar-refractivity contribution in [2.45, 2.75) is 4.90 Å². The Balaban J connectivity index is 1.75. The lowest BCUT2D eigenvalue weighted by Crippen LogP contribution is -2.50. The highest BCUT2D eigenvalue weighted by atomic mass is 79.9. The molecule has 28 heavy (non-hydrogen) atoms. The third kappa shape index (κ3) is 4.03. The predicted molar refractivity (Wildman–Crippen MR) is 102 cm³/mol. The zero-order chi connectivity index (χ0) is 20.5. The van der Waals surface area contributed by atoms with Gasteiger partial charge in [-0.3, -0.25) is 4.79 Å². The highest BCUT2D eigenvalue weighted by Gasteiger charge is 2.33. The molecule has 1 aliphatic rings. The summed E-state index contributed by atoms with van der Waals surface area (Å²) < 4.78 is 59.3. The molecule has 2 aromatic carbocycles. The van der Waals surface area contributed by atoms with Gasteiger partial charge in [0.2, 0.25) is 10.0 Å². The second kappa shape index (κ2) is 8.14. The highest BCUT2D eigenvalue weighted by Crippen LogP contribution is 2.26. The molecular weight excluding hydrogens is 458 g/mol. The third-order valence-corrected chi connectivity index (χ3v) is 6.85. The number of rotatable bonds is 4. The van der Waals surface area contributed by atoms with Gasteiger partial charge in [-0.15, -0.1) is 0 Å². The van der Waals surface area contributed by atoms with Crippen LogP contribution in [0.5, 0.6) is 5.75 Å². The molecule has 1 fully saturated rings. The molecule has 10 heteroatoms. The summed E-state index contributed by atoms with van der Waals surface area (Å²) in [6, 6.07) is 7.39. The van der Waals surface area contributed by atoms with Crippen molar-refractivity contribution >= 4 is 31.9 Å². The van der Waals surface area contributed by atoms with Crippen LogP contribution in [-0.4, -0.2) is 56.8 Å². The highest BCUT2D eigenvalue weighted by molar-refractivity contribution is 9.10. The summed E-state index contributed by atoms with van der Waals surface area (Å²) in [5, 5.41) is 0. The summed E-state index contributed by atoms with van der Waals surface area (Å²) in [7, 11) is -2.66. The van der Waals surface area contributed by atoms with E-state index in [2.05, 4.69) is 15.9 Å². The Hall–Kier alpha value is -2.04. The smallest absolute Gasteiger partial charge is 0.257 e. The fraction of sp³-hybridized carbons (Fsp3) is 0.278. The Bertz CT molecular complexity index is 1010. The first-order valence-corrected chi connectivity index (χ1v) is 10.6. The maximum Gasteiger partial charge on any atom is 0.257 e. The molecule has 150 valence electrons. The molecule has 0 spiro atoms. The van der Waals surface area contributed by atoms with Gasteiger partial charge in [0.05, 0.1) is 12.7 Å². The summed E-state index contributed by atoms with van der Waals surface area (Å²) in [4.78, 5) is 13.7. The summed E-state index contributed by atoms with van der Waals surface area (Å²) >= 11 is 3.32. The van der Waals surface area contributed by atoms with Crippen molar-refractivity contribution in [3.63, 3.8) is 0 Å². The molecule has 0 aromatic heterocycles. The van der Waals surface area contributed by atoms with Crippen LogP contribution in [-0.2, 0) is 10.0 Å². The van der Waals surface area contributed by atoms with Crippen LogP contribution in [0.15, 0.2) is 45.8 Å². The van der Waals surface area contributed by atoms with Gasteiger partial charge in [0.15, 0.2) is 0 Å². The van der Waals surface area contributed by atoms with Crippen LogP contribution in [0.4, 0.5) is 8.78 Å². The normalized spacial score (nSPS) is 15.5. The number of nitrogens with zero attached hydrogens (tertiary/aromatic N) is 2. The Morgan fingerprint density at radius 1 is 1.07 bits per heavy atom. The van der Waals surface area contributed by atoms with E-state index >= 15 is 0 Å². The molecule has 1 amide bonds. The SMILES string of the molecule is COc1ccc(Br)cc1C(=O)N1CCN(S(=O)(=O)c2ccc(F)cc2F)CC1. The minimum Gasteiger partial charge on any atom is -0.496 e. The average molecular weight is 475 g/mol. The molecule has 0 unspecified atom stereocenters. The number of sulfonamides is 1. The molecule has 1 heterocycles. The number of ether oxygens (including phenoxy) is 1. The summed E-state index contributed by atoms with van der Waals surface area (Å²) in [6.07, 6.45) is 0. The molecule has 1 saturated heterocycles. The quantitative estimate of drug-likeness (QED) is 0.683. The minimum atomic E-state index is -4.12. The Kier molecular flexibility index (Phi) is 6.01. The van der Waals surface area contributed by atoms with Gasteiger partial charge in [-0.1, -0.05) is 15.9 Å². The topological polar surface area (TPSA) is 66.9 Å². The van der Waals surface area contributed by atoms with Crippen LogP contribution in [0.3, 0.4) is 0 Å². The van der Waals surface area contributed by atoms with Gasteiger partial charge >= 0.3 is 0 Å². The van der Waals surface area contributed by atoms with E-state index in [0.717, 1.165) is 16.4 Å². The number of methoxy groups -OCH3 is 1. The first-order chi connectivity index (χ1) is 13.2. The number of halogens is 3. The van der Waals surface area contributed by atoms with Gasteiger partial charge in [0, 0.05) is 36.7 Å². The van der Waals surface area contributed by atoms with Crippen LogP contribution in [0.1, 0.15) is 10.4 Å². The number of piperazine rings is 1. The van der Waals surface area contributed by atoms with Crippen LogP contribution in [0.2, 0.25) is 0 Å². The van der Waals surface area contributed by atoms with Crippen LogP contribution in [0.25, 0.3) is 0 Å². The van der Waals surface area contributed by atoms with E-state index in [4.69, 9.17) is 4.74 Å². The zero-order valence-electron chi connectivity index (χ0n) is 14.9. The van der Waals surface area contributed by atoms with Crippen molar-refractivity contribution in [3.8, 4) is 5.75 Å². The molecule has 0 radical (unpaired) electrons. The second-order valence-corrected chi connectivity index (χ2v) is 8.94. The van der Waals surface area contributed by atoms with Crippen molar-refractivity contribution < 1.29 is 26.7 Å². The Morgan fingerprint density at radius 3 is 2.36 bits per heavy atom. The minimum absolute atomic E-state index is 0.00120. The number of benzene rings is 2. The molecule has 0 bridgehead atoms. The summed E-state index contributed by atoms with van der Waals surface area (Å²) in [5.41, 5.74) is 0.359. The van der Waals surface area contributed by atoms with E-state index in [0.29, 0.717) is 21.9 Å². The number of carbonyl (C=O) groups is 1. The number of amides is 1. The Morgan fingerprint density at radius 2 is 1.75 bits per heavy atom. The van der Waals surface area contributed by atoms with Crippen LogP contribution < -0.4 is 4.74 Å². The standard InChI is InChI=1S/C18H17BrF2N2O4S/c1-27-16-4-2-12(19)10-14(16)18(24)22-6-8-23(9-7-22)28(25,26)17-5-3-13(20)11-15(17)21/h2-5,10-11H,6-9H2,1H3. The fourth-order valence-corrected chi connectivity index (χ4v) is 4.80. The molecule has 3 rings (SSSR count). The van der Waals surface area contributed by atoms with Gasteiger partial charge in [0.1, 0.15) is 22.3 Å². The second-order valence-electron chi connectivity index (χ2n) is 6.12. The molecule has 0 atom stereocenters. The van der Waals surface area contributed by atoms with Gasteiger partial charge in [-0.2, -0.15) is 4.31 Å². The number of carbonyl (C=O) groups excluding carboxylic acids is 1. The largest absolute Gasteiger partial charge is 0.496 e. The van der Waals surface area contributed by atoms with Crippen molar-refractivity contribution in [1.82, 2.24) is 9.21 Å². The van der Waals surface area contributed by atoms with E-state index in [1.165, 1.54) is 12.0 Å². The number of hydrogen-bond donors (Lipinski definition) is 0. The summed E-state index contributed by atoms with van der Waals surface area (Å²) in [5.74, 6) is -1.87. The lowest BCUT2D eigenvalue weighted by atomic mass is 10.1. The molecule has 2 aromatic rings. The van der Waals surface area contributed by atoms with E-state index in [1.54, 1.807) is 18.2 Å². The van der Waals surface area contributed by atoms with Gasteiger partial charge in [-0.05, 0) is 30.3 Å². The predicted octanol–water partition coefficient (Wildman–Crippen LogP) is 2.88. The molecule has 0 aliphatic carbocycles. The molecule has 6 nitrogen and oxygen atoms in total. The summed E-state index contributed by atoms with van der Waals surface area (Å²) in [6.45, 7) is 0.273. The van der Waals surface area contributed by atoms with E-state index in [-0.39, 0.29) is 32.1 Å². The molecular formula is C18H17BrF2N2O4S. The first-order valence-electron chi connectivity index (χ1n) is 8.32. The molecule has 1 aliphatic heterocycles. The molecule has 0 N–H and O–H groups in total. The number of hydrogen-bond acceptors (Lipinski definition) is 4. The zero-order valence-corrected chi connectivity index (χ0v) is 17.3. The van der Waals surface area contributed by atoms with Gasteiger partial charge < -0.3 is 9.64 Å². The van der Waals surface area contributed by atoms with Crippen molar-refractivity contribution in [1.29, 1.82) is 0 Å². The first kappa shape index (κ1) is 20.7. The average Bonchev–Trinajstić information content (AvgIpc) is 2.67. The van der Waals surface area contributed by atoms with Crippen molar-refractivity contribution in [2.75, 3.05) is 33.3 Å². The van der Waals surface area contributed by atoms with Gasteiger partial charge in [0.25, 0.3) is 5.91 Å². The van der Waals surface area contributed by atoms with Gasteiger partial charge in [-0.25, -0.2) is 17.2 Å². The van der Waals surface area contributed by atoms with Crippen molar-refractivity contribution in [2.24, 2.45) is 0 Å². The third-order valence-electron chi connectivity index (χ3n) is 4.43.